The Balaban J connectivity index is 1.78. The average Bonchev–Trinajstić information content (AvgIpc) is 3.16. The number of anilines is 2. The van der Waals surface area contributed by atoms with Crippen molar-refractivity contribution in [3.05, 3.63) is 50.7 Å². The van der Waals surface area contributed by atoms with Crippen LogP contribution in [0, 0.1) is 5.92 Å². The van der Waals surface area contributed by atoms with Gasteiger partial charge < -0.3 is 15.2 Å². The summed E-state index contributed by atoms with van der Waals surface area (Å²) in [4.78, 5) is 41.7. The van der Waals surface area contributed by atoms with Crippen LogP contribution in [0.25, 0.3) is 11.4 Å². The van der Waals surface area contributed by atoms with E-state index in [4.69, 9.17) is 5.73 Å². The molecule has 34 heavy (non-hydrogen) atoms. The molecule has 0 aliphatic heterocycles. The third-order valence-electron chi connectivity index (χ3n) is 5.49. The number of hydrogen-bond donors (Lipinski definition) is 2. The van der Waals surface area contributed by atoms with E-state index in [0.717, 1.165) is 36.1 Å². The van der Waals surface area contributed by atoms with Crippen LogP contribution in [0.4, 0.5) is 11.5 Å². The van der Waals surface area contributed by atoms with Crippen LogP contribution < -0.4 is 21.9 Å². The van der Waals surface area contributed by atoms with Gasteiger partial charge in [-0.1, -0.05) is 25.6 Å². The number of aromatic nitrogens is 5. The summed E-state index contributed by atoms with van der Waals surface area (Å²) in [5.74, 6) is 0.125. The van der Waals surface area contributed by atoms with E-state index >= 15 is 0 Å². The number of benzene rings is 1. The van der Waals surface area contributed by atoms with Crippen molar-refractivity contribution in [2.75, 3.05) is 29.5 Å². The molecule has 10 nitrogen and oxygen atoms in total. The Morgan fingerprint density at radius 3 is 2.38 bits per heavy atom. The zero-order valence-corrected chi connectivity index (χ0v) is 21.0. The second-order valence-corrected chi connectivity index (χ2v) is 9.26. The van der Waals surface area contributed by atoms with Crippen LogP contribution in [0.1, 0.15) is 38.1 Å². The number of nitrogens with two attached hydrogens (primary N) is 1. The van der Waals surface area contributed by atoms with Crippen molar-refractivity contribution in [3.8, 4) is 11.4 Å². The highest BCUT2D eigenvalue weighted by atomic mass is 32.2. The number of hydrogen-bond acceptors (Lipinski definition) is 8. The van der Waals surface area contributed by atoms with E-state index in [1.54, 1.807) is 4.57 Å². The summed E-state index contributed by atoms with van der Waals surface area (Å²) in [5.41, 5.74) is 6.48. The molecule has 0 aliphatic rings. The molecule has 11 heteroatoms. The molecule has 0 fully saturated rings. The van der Waals surface area contributed by atoms with Gasteiger partial charge in [0, 0.05) is 37.9 Å². The molecule has 1 aromatic carbocycles. The van der Waals surface area contributed by atoms with Gasteiger partial charge in [-0.3, -0.25) is 19.1 Å². The molecule has 0 saturated carbocycles. The highest BCUT2D eigenvalue weighted by Crippen LogP contribution is 2.25. The number of rotatable bonds is 10. The van der Waals surface area contributed by atoms with Gasteiger partial charge in [-0.2, -0.15) is 0 Å². The van der Waals surface area contributed by atoms with Gasteiger partial charge in [0.2, 0.25) is 0 Å². The minimum Gasteiger partial charge on any atom is -0.384 e. The first-order chi connectivity index (χ1) is 16.2. The van der Waals surface area contributed by atoms with Crippen LogP contribution in [0.3, 0.4) is 0 Å². The van der Waals surface area contributed by atoms with E-state index in [2.05, 4.69) is 46.1 Å². The standard InChI is InChI=1S/C23H31N7O3S/c1-6-29(7-2)16-10-8-15(9-11-16)20-26-27-23(28(20)5)34-13-17(31)18-19(24)30(12-14(3)4)22(33)25-21(18)32/h8-11,14H,6-7,12-13,24H2,1-5H3,(H,25,32,33). The molecule has 0 atom stereocenters. The van der Waals surface area contributed by atoms with E-state index in [-0.39, 0.29) is 23.1 Å². The fraction of sp³-hybridized carbons (Fsp3) is 0.435. The van der Waals surface area contributed by atoms with E-state index in [1.807, 2.05) is 33.0 Å². The summed E-state index contributed by atoms with van der Waals surface area (Å²) in [7, 11) is 1.82. The Morgan fingerprint density at radius 2 is 1.79 bits per heavy atom. The van der Waals surface area contributed by atoms with Crippen LogP contribution in [-0.4, -0.2) is 48.9 Å². The van der Waals surface area contributed by atoms with Crippen molar-refractivity contribution < 1.29 is 4.79 Å². The summed E-state index contributed by atoms with van der Waals surface area (Å²) in [6, 6.07) is 8.09. The second-order valence-electron chi connectivity index (χ2n) is 8.32. The molecule has 0 radical (unpaired) electrons. The van der Waals surface area contributed by atoms with Crippen LogP contribution in [0.5, 0.6) is 0 Å². The first-order valence-corrected chi connectivity index (χ1v) is 12.2. The lowest BCUT2D eigenvalue weighted by molar-refractivity contribution is 0.102. The first kappa shape index (κ1) is 25.3. The number of nitrogens with zero attached hydrogens (tertiary/aromatic N) is 5. The Hall–Kier alpha value is -3.34. The smallest absolute Gasteiger partial charge is 0.329 e. The van der Waals surface area contributed by atoms with Crippen molar-refractivity contribution in [1.29, 1.82) is 0 Å². The molecule has 3 aromatic rings. The van der Waals surface area contributed by atoms with Crippen molar-refractivity contribution in [3.63, 3.8) is 0 Å². The van der Waals surface area contributed by atoms with Crippen molar-refractivity contribution >= 4 is 29.1 Å². The first-order valence-electron chi connectivity index (χ1n) is 11.2. The third kappa shape index (κ3) is 5.24. The molecule has 0 saturated heterocycles. The highest BCUT2D eigenvalue weighted by molar-refractivity contribution is 7.99. The van der Waals surface area contributed by atoms with Crippen LogP contribution in [0.2, 0.25) is 0 Å². The number of carbonyl (C=O) groups is 1. The van der Waals surface area contributed by atoms with Crippen molar-refractivity contribution in [2.24, 2.45) is 13.0 Å². The maximum Gasteiger partial charge on any atom is 0.329 e. The Bertz CT molecular complexity index is 1270. The van der Waals surface area contributed by atoms with Gasteiger partial charge in [0.25, 0.3) is 5.56 Å². The van der Waals surface area contributed by atoms with E-state index in [0.29, 0.717) is 17.5 Å². The fourth-order valence-corrected chi connectivity index (χ4v) is 4.49. The molecular formula is C23H31N7O3S. The quantitative estimate of drug-likeness (QED) is 0.330. The Kier molecular flexibility index (Phi) is 7.98. The van der Waals surface area contributed by atoms with Gasteiger partial charge in [-0.05, 0) is 44.0 Å². The molecule has 0 spiro atoms. The third-order valence-corrected chi connectivity index (χ3v) is 6.51. The molecule has 0 bridgehead atoms. The summed E-state index contributed by atoms with van der Waals surface area (Å²) in [6.45, 7) is 10.2. The molecule has 2 heterocycles. The molecule has 0 aliphatic carbocycles. The van der Waals surface area contributed by atoms with Crippen LogP contribution >= 0.6 is 11.8 Å². The number of nitrogen functional groups attached to an aromatic ring is 1. The van der Waals surface area contributed by atoms with Gasteiger partial charge in [-0.25, -0.2) is 4.79 Å². The second kappa shape index (κ2) is 10.7. The lowest BCUT2D eigenvalue weighted by Crippen LogP contribution is -2.37. The highest BCUT2D eigenvalue weighted by Gasteiger charge is 2.21. The number of aromatic amines is 1. The molecule has 3 rings (SSSR count). The summed E-state index contributed by atoms with van der Waals surface area (Å²) < 4.78 is 3.03. The number of H-pyrrole nitrogens is 1. The van der Waals surface area contributed by atoms with E-state index in [1.165, 1.54) is 4.57 Å². The maximum atomic E-state index is 12.9. The largest absolute Gasteiger partial charge is 0.384 e. The van der Waals surface area contributed by atoms with E-state index in [9.17, 15) is 14.4 Å². The molecule has 0 unspecified atom stereocenters. The lowest BCUT2D eigenvalue weighted by Gasteiger charge is -2.21. The van der Waals surface area contributed by atoms with Crippen LogP contribution in [-0.2, 0) is 13.6 Å². The van der Waals surface area contributed by atoms with E-state index < -0.39 is 17.0 Å². The number of Topliss-reactive ketones (excluding diaryl/α,β-unsaturated/α-hetero) is 1. The lowest BCUT2D eigenvalue weighted by atomic mass is 10.2. The molecular weight excluding hydrogens is 454 g/mol. The van der Waals surface area contributed by atoms with Gasteiger partial charge in [0.05, 0.1) is 5.75 Å². The SMILES string of the molecule is CCN(CC)c1ccc(-c2nnc(SCC(=O)c3c(N)n(CC(C)C)c(=O)[nH]c3=O)n2C)cc1. The summed E-state index contributed by atoms with van der Waals surface area (Å²) in [5, 5.41) is 9.01. The van der Waals surface area contributed by atoms with Gasteiger partial charge in [0.15, 0.2) is 16.8 Å². The predicted molar refractivity (Wildman–Crippen MR) is 136 cm³/mol. The molecule has 0 amide bonds. The number of ketones is 1. The Morgan fingerprint density at radius 1 is 1.15 bits per heavy atom. The number of thioether (sulfide) groups is 1. The molecule has 3 N–H and O–H groups in total. The monoisotopic (exact) mass is 485 g/mol. The maximum absolute atomic E-state index is 12.9. The number of carbonyl (C=O) groups excluding carboxylic acids is 1. The zero-order chi connectivity index (χ0) is 25.0. The zero-order valence-electron chi connectivity index (χ0n) is 20.2. The molecule has 182 valence electrons. The molecule has 2 aromatic heterocycles. The van der Waals surface area contributed by atoms with Crippen molar-refractivity contribution in [1.82, 2.24) is 24.3 Å². The average molecular weight is 486 g/mol. The fourth-order valence-electron chi connectivity index (χ4n) is 3.71. The minimum atomic E-state index is -0.778. The summed E-state index contributed by atoms with van der Waals surface area (Å²) in [6.07, 6.45) is 0. The van der Waals surface area contributed by atoms with Crippen molar-refractivity contribution in [2.45, 2.75) is 39.4 Å². The van der Waals surface area contributed by atoms with Gasteiger partial charge >= 0.3 is 5.69 Å². The number of nitrogens with one attached hydrogen (secondary N) is 1. The van der Waals surface area contributed by atoms with Gasteiger partial charge in [0.1, 0.15) is 11.4 Å². The van der Waals surface area contributed by atoms with Crippen LogP contribution in [0.15, 0.2) is 39.0 Å². The topological polar surface area (TPSA) is 132 Å². The summed E-state index contributed by atoms with van der Waals surface area (Å²) >= 11 is 1.16. The Labute approximate surface area is 202 Å². The normalized spacial score (nSPS) is 11.2. The minimum absolute atomic E-state index is 0.0694. The van der Waals surface area contributed by atoms with Gasteiger partial charge in [-0.15, -0.1) is 10.2 Å². The predicted octanol–water partition coefficient (Wildman–Crippen LogP) is 2.39.